The van der Waals surface area contributed by atoms with Gasteiger partial charge in [-0.2, -0.15) is 0 Å². The summed E-state index contributed by atoms with van der Waals surface area (Å²) >= 11 is 0. The summed E-state index contributed by atoms with van der Waals surface area (Å²) in [5.41, 5.74) is 7.35. The highest BCUT2D eigenvalue weighted by molar-refractivity contribution is 6.00. The van der Waals surface area contributed by atoms with Crippen LogP contribution in [0.1, 0.15) is 18.4 Å². The maximum Gasteiger partial charge on any atom is 0.124 e. The minimum Gasteiger partial charge on any atom is -0.384 e. The van der Waals surface area contributed by atoms with Crippen molar-refractivity contribution in [3.63, 3.8) is 0 Å². The topological polar surface area (TPSA) is 62.3 Å². The average Bonchev–Trinajstić information content (AvgIpc) is 3.18. The molecule has 1 aliphatic carbocycles. The van der Waals surface area contributed by atoms with E-state index < -0.39 is 0 Å². The Balaban J connectivity index is 1.86. The lowest BCUT2D eigenvalue weighted by Crippen LogP contribution is -2.26. The zero-order chi connectivity index (χ0) is 13.0. The van der Waals surface area contributed by atoms with Gasteiger partial charge in [0.15, 0.2) is 0 Å². The van der Waals surface area contributed by atoms with E-state index >= 15 is 0 Å². The average molecular weight is 247 g/mol. The lowest BCUT2D eigenvalue weighted by molar-refractivity contribution is 0.131. The molecule has 1 saturated carbocycles. The van der Waals surface area contributed by atoms with E-state index in [9.17, 15) is 0 Å². The second-order valence-electron chi connectivity index (χ2n) is 4.87. The first-order valence-corrected chi connectivity index (χ1v) is 6.41. The molecule has 0 aliphatic heterocycles. The number of para-hydroxylation sites is 1. The molecule has 1 aliphatic rings. The molecular weight excluding hydrogens is 226 g/mol. The Morgan fingerprint density at radius 2 is 2.17 bits per heavy atom. The van der Waals surface area contributed by atoms with Gasteiger partial charge in [-0.15, -0.1) is 0 Å². The van der Waals surface area contributed by atoms with Crippen LogP contribution >= 0.6 is 0 Å². The van der Waals surface area contributed by atoms with E-state index in [1.54, 1.807) is 0 Å². The van der Waals surface area contributed by atoms with E-state index in [0.29, 0.717) is 0 Å². The smallest absolute Gasteiger partial charge is 0.124 e. The van der Waals surface area contributed by atoms with Crippen LogP contribution in [0.4, 0.5) is 5.69 Å². The Morgan fingerprint density at radius 1 is 1.44 bits per heavy atom. The SMILES string of the molecule is CN(CCOCC1CC1)c1ccccc1C(=N)N. The maximum atomic E-state index is 7.57. The molecule has 0 atom stereocenters. The van der Waals surface area contributed by atoms with Crippen LogP contribution in [0.15, 0.2) is 24.3 Å². The van der Waals surface area contributed by atoms with Gasteiger partial charge < -0.3 is 15.4 Å². The van der Waals surface area contributed by atoms with Gasteiger partial charge in [-0.05, 0) is 30.9 Å². The van der Waals surface area contributed by atoms with Crippen LogP contribution in [0.3, 0.4) is 0 Å². The Morgan fingerprint density at radius 3 is 2.83 bits per heavy atom. The van der Waals surface area contributed by atoms with Crippen LogP contribution in [0.5, 0.6) is 0 Å². The molecule has 1 fully saturated rings. The van der Waals surface area contributed by atoms with Crippen LogP contribution in [0.2, 0.25) is 0 Å². The van der Waals surface area contributed by atoms with Crippen molar-refractivity contribution in [2.24, 2.45) is 11.7 Å². The molecular formula is C14H21N3O. The van der Waals surface area contributed by atoms with Crippen molar-refractivity contribution in [1.82, 2.24) is 0 Å². The monoisotopic (exact) mass is 247 g/mol. The summed E-state index contributed by atoms with van der Waals surface area (Å²) in [5.74, 6) is 0.913. The van der Waals surface area contributed by atoms with Crippen LogP contribution < -0.4 is 10.6 Å². The molecule has 4 heteroatoms. The van der Waals surface area contributed by atoms with E-state index in [4.69, 9.17) is 15.9 Å². The number of hydrogen-bond donors (Lipinski definition) is 2. The van der Waals surface area contributed by atoms with Crippen molar-refractivity contribution in [2.45, 2.75) is 12.8 Å². The molecule has 98 valence electrons. The predicted octanol–water partition coefficient (Wildman–Crippen LogP) is 1.83. The van der Waals surface area contributed by atoms with E-state index in [-0.39, 0.29) is 5.84 Å². The fraction of sp³-hybridized carbons (Fsp3) is 0.500. The van der Waals surface area contributed by atoms with Gasteiger partial charge in [-0.3, -0.25) is 5.41 Å². The lowest BCUT2D eigenvalue weighted by atomic mass is 10.1. The number of nitrogens with two attached hydrogens (primary N) is 1. The molecule has 18 heavy (non-hydrogen) atoms. The summed E-state index contributed by atoms with van der Waals surface area (Å²) in [7, 11) is 2.00. The number of nitrogens with zero attached hydrogens (tertiary/aromatic N) is 1. The number of nitrogen functional groups attached to an aromatic ring is 1. The van der Waals surface area contributed by atoms with E-state index in [0.717, 1.165) is 36.9 Å². The molecule has 0 aromatic heterocycles. The highest BCUT2D eigenvalue weighted by atomic mass is 16.5. The zero-order valence-corrected chi connectivity index (χ0v) is 10.9. The van der Waals surface area contributed by atoms with Gasteiger partial charge in [0.25, 0.3) is 0 Å². The molecule has 0 bridgehead atoms. The third-order valence-corrected chi connectivity index (χ3v) is 3.23. The predicted molar refractivity (Wildman–Crippen MR) is 74.3 cm³/mol. The van der Waals surface area contributed by atoms with Crippen LogP contribution in [-0.4, -0.2) is 32.6 Å². The van der Waals surface area contributed by atoms with Crippen LogP contribution in [0, 0.1) is 11.3 Å². The molecule has 2 rings (SSSR count). The van der Waals surface area contributed by atoms with Crippen LogP contribution in [-0.2, 0) is 4.74 Å². The number of amidine groups is 1. The molecule has 0 spiro atoms. The second-order valence-corrected chi connectivity index (χ2v) is 4.87. The minimum absolute atomic E-state index is 0.108. The van der Waals surface area contributed by atoms with Crippen molar-refractivity contribution in [2.75, 3.05) is 31.7 Å². The highest BCUT2D eigenvalue weighted by Gasteiger charge is 2.21. The van der Waals surface area contributed by atoms with Crippen molar-refractivity contribution < 1.29 is 4.74 Å². The molecule has 0 amide bonds. The van der Waals surface area contributed by atoms with Gasteiger partial charge in [0.2, 0.25) is 0 Å². The Labute approximate surface area is 108 Å². The third-order valence-electron chi connectivity index (χ3n) is 3.23. The Hall–Kier alpha value is -1.55. The first-order chi connectivity index (χ1) is 8.68. The van der Waals surface area contributed by atoms with Crippen molar-refractivity contribution in [3.8, 4) is 0 Å². The highest BCUT2D eigenvalue weighted by Crippen LogP contribution is 2.28. The van der Waals surface area contributed by atoms with Gasteiger partial charge in [-0.25, -0.2) is 0 Å². The number of ether oxygens (including phenoxy) is 1. The van der Waals surface area contributed by atoms with Gasteiger partial charge >= 0.3 is 0 Å². The first kappa shape index (κ1) is 12.9. The zero-order valence-electron chi connectivity index (χ0n) is 10.9. The summed E-state index contributed by atoms with van der Waals surface area (Å²) in [6.07, 6.45) is 2.64. The summed E-state index contributed by atoms with van der Waals surface area (Å²) in [6, 6.07) is 7.72. The van der Waals surface area contributed by atoms with E-state index in [1.807, 2.05) is 31.3 Å². The summed E-state index contributed by atoms with van der Waals surface area (Å²) in [5, 5.41) is 7.57. The fourth-order valence-corrected chi connectivity index (χ4v) is 1.89. The molecule has 0 radical (unpaired) electrons. The minimum atomic E-state index is 0.108. The summed E-state index contributed by atoms with van der Waals surface area (Å²) < 4.78 is 5.62. The molecule has 3 N–H and O–H groups in total. The van der Waals surface area contributed by atoms with Crippen molar-refractivity contribution in [3.05, 3.63) is 29.8 Å². The molecule has 0 saturated heterocycles. The van der Waals surface area contributed by atoms with Gasteiger partial charge in [-0.1, -0.05) is 12.1 Å². The fourth-order valence-electron chi connectivity index (χ4n) is 1.89. The van der Waals surface area contributed by atoms with Gasteiger partial charge in [0.1, 0.15) is 5.84 Å². The molecule has 1 aromatic carbocycles. The van der Waals surface area contributed by atoms with E-state index in [1.165, 1.54) is 12.8 Å². The third kappa shape index (κ3) is 3.47. The molecule has 4 nitrogen and oxygen atoms in total. The van der Waals surface area contributed by atoms with Gasteiger partial charge in [0, 0.05) is 31.5 Å². The number of likely N-dealkylation sites (N-methyl/N-ethyl adjacent to an activating group) is 1. The molecule has 1 aromatic rings. The quantitative estimate of drug-likeness (QED) is 0.439. The lowest BCUT2D eigenvalue weighted by Gasteiger charge is -2.22. The Bertz CT molecular complexity index is 415. The van der Waals surface area contributed by atoms with Crippen molar-refractivity contribution >= 4 is 11.5 Å². The first-order valence-electron chi connectivity index (χ1n) is 6.41. The maximum absolute atomic E-state index is 7.57. The molecule has 0 unspecified atom stereocenters. The van der Waals surface area contributed by atoms with Crippen LogP contribution in [0.25, 0.3) is 0 Å². The number of rotatable bonds is 7. The largest absolute Gasteiger partial charge is 0.384 e. The van der Waals surface area contributed by atoms with Gasteiger partial charge in [0.05, 0.1) is 6.61 Å². The Kier molecular flexibility index (Phi) is 4.20. The second kappa shape index (κ2) is 5.87. The summed E-state index contributed by atoms with van der Waals surface area (Å²) in [4.78, 5) is 2.09. The van der Waals surface area contributed by atoms with E-state index in [2.05, 4.69) is 4.90 Å². The molecule has 0 heterocycles. The standard InChI is InChI=1S/C14H21N3O/c1-17(8-9-18-10-11-6-7-11)13-5-3-2-4-12(13)14(15)16/h2-5,11H,6-10H2,1H3,(H3,15,16). The summed E-state index contributed by atoms with van der Waals surface area (Å²) in [6.45, 7) is 2.43. The number of nitrogens with one attached hydrogen (secondary N) is 1. The normalized spacial score (nSPS) is 14.5. The number of anilines is 1. The number of benzene rings is 1. The number of hydrogen-bond acceptors (Lipinski definition) is 3. The van der Waals surface area contributed by atoms with Crippen molar-refractivity contribution in [1.29, 1.82) is 5.41 Å².